The van der Waals surface area contributed by atoms with Crippen molar-refractivity contribution in [1.29, 1.82) is 0 Å². The van der Waals surface area contributed by atoms with Crippen molar-refractivity contribution in [3.05, 3.63) is 24.7 Å². The SMILES string of the molecule is CC[CH-]C[C-](C)C[CH-]C[C-](C)C(C)C.[Y].[Y].[Y].[Y].[Y].[Y].[Y]. The summed E-state index contributed by atoms with van der Waals surface area (Å²) in [6.45, 7) is 11.3. The second kappa shape index (κ2) is 38.3. The second-order valence-electron chi connectivity index (χ2n) is 4.56. The van der Waals surface area contributed by atoms with E-state index < -0.39 is 0 Å². The molecule has 0 aliphatic carbocycles. The van der Waals surface area contributed by atoms with E-state index in [0.717, 1.165) is 5.92 Å². The van der Waals surface area contributed by atoms with Crippen LogP contribution in [0.5, 0.6) is 0 Å². The van der Waals surface area contributed by atoms with Gasteiger partial charge < -0.3 is 43.9 Å². The van der Waals surface area contributed by atoms with Gasteiger partial charge in [0.15, 0.2) is 0 Å². The maximum Gasteiger partial charge on any atom is 0 e. The van der Waals surface area contributed by atoms with Crippen LogP contribution in [0, 0.1) is 30.6 Å². The van der Waals surface area contributed by atoms with Crippen molar-refractivity contribution in [3.8, 4) is 0 Å². The molecule has 0 aromatic carbocycles. The van der Waals surface area contributed by atoms with Crippen LogP contribution in [-0.2, 0) is 229 Å². The van der Waals surface area contributed by atoms with E-state index in [1.165, 1.54) is 25.7 Å². The molecule has 0 saturated heterocycles. The third-order valence-corrected chi connectivity index (χ3v) is 2.73. The summed E-state index contributed by atoms with van der Waals surface area (Å²) in [6, 6.07) is 0. The van der Waals surface area contributed by atoms with E-state index in [0.29, 0.717) is 0 Å². The minimum Gasteiger partial charge on any atom is -0.386 e. The molecule has 0 fully saturated rings. The summed E-state index contributed by atoms with van der Waals surface area (Å²) in [5, 5.41) is 0. The first-order chi connectivity index (χ1) is 6.57. The number of unbranched alkanes of at least 4 members (excludes halogenated alkanes) is 1. The number of rotatable bonds is 8. The van der Waals surface area contributed by atoms with Gasteiger partial charge in [0, 0.05) is 229 Å². The van der Waals surface area contributed by atoms with Crippen LogP contribution >= 0.6 is 0 Å². The van der Waals surface area contributed by atoms with Crippen molar-refractivity contribution >= 4 is 0 Å². The Morgan fingerprint density at radius 1 is 0.714 bits per heavy atom. The summed E-state index contributed by atoms with van der Waals surface area (Å²) in [4.78, 5) is 0. The van der Waals surface area contributed by atoms with Crippen molar-refractivity contribution in [3.63, 3.8) is 0 Å². The van der Waals surface area contributed by atoms with Gasteiger partial charge in [0.05, 0.1) is 0 Å². The maximum absolute atomic E-state index is 2.41. The molecule has 0 nitrogen and oxygen atoms in total. The zero-order valence-corrected chi connectivity index (χ0v) is 34.5. The smallest absolute Gasteiger partial charge is 0 e. The molecule has 0 spiro atoms. The first kappa shape index (κ1) is 51.4. The monoisotopic (exact) mass is 817 g/mol. The first-order valence-corrected chi connectivity index (χ1v) is 5.84. The van der Waals surface area contributed by atoms with E-state index in [2.05, 4.69) is 47.5 Å². The van der Waals surface area contributed by atoms with Crippen LogP contribution in [0.25, 0.3) is 0 Å². The summed E-state index contributed by atoms with van der Waals surface area (Å²) in [7, 11) is 0. The quantitative estimate of drug-likeness (QED) is 0.310. The van der Waals surface area contributed by atoms with Gasteiger partial charge in [-0.2, -0.15) is 26.2 Å². The third-order valence-electron chi connectivity index (χ3n) is 2.73. The Bertz CT molecular complexity index is 134. The molecule has 0 rings (SSSR count). The predicted octanol–water partition coefficient (Wildman–Crippen LogP) is 4.80. The van der Waals surface area contributed by atoms with Gasteiger partial charge >= 0.3 is 0 Å². The molecule has 0 aliphatic heterocycles. The van der Waals surface area contributed by atoms with Gasteiger partial charge in [-0.05, 0) is 0 Å². The van der Waals surface area contributed by atoms with E-state index in [9.17, 15) is 0 Å². The molecule has 0 atom stereocenters. The normalized spacial score (nSPS) is 8.00. The van der Waals surface area contributed by atoms with Crippen LogP contribution < -0.4 is 0 Å². The van der Waals surface area contributed by atoms with Gasteiger partial charge in [0.2, 0.25) is 0 Å². The van der Waals surface area contributed by atoms with Crippen molar-refractivity contribution < 1.29 is 229 Å². The zero-order valence-electron chi connectivity index (χ0n) is 14.6. The average molecular weight is 817 g/mol. The minimum atomic E-state index is 0. The molecule has 0 saturated carbocycles. The number of hydrogen-bond donors (Lipinski definition) is 0. The molecule has 0 amide bonds. The zero-order chi connectivity index (χ0) is 11.0. The Balaban J connectivity index is -0.0000000402. The third kappa shape index (κ3) is 38.9. The Morgan fingerprint density at radius 3 is 1.43 bits per heavy atom. The van der Waals surface area contributed by atoms with Crippen LogP contribution in [0.15, 0.2) is 0 Å². The van der Waals surface area contributed by atoms with E-state index in [-0.39, 0.29) is 229 Å². The van der Waals surface area contributed by atoms with Gasteiger partial charge in [-0.25, -0.2) is 0 Å². The van der Waals surface area contributed by atoms with E-state index >= 15 is 0 Å². The molecule has 0 N–H and O–H groups in total. The number of hydrogen-bond acceptors (Lipinski definition) is 0. The van der Waals surface area contributed by atoms with E-state index in [4.69, 9.17) is 0 Å². The van der Waals surface area contributed by atoms with Crippen molar-refractivity contribution in [2.75, 3.05) is 0 Å². The molecule has 0 aromatic heterocycles. The summed E-state index contributed by atoms with van der Waals surface area (Å²) in [6.07, 6.45) is 9.50. The second-order valence-corrected chi connectivity index (χ2v) is 4.56. The minimum absolute atomic E-state index is 0. The van der Waals surface area contributed by atoms with Gasteiger partial charge in [-0.15, -0.1) is 0 Å². The average Bonchev–Trinajstić information content (AvgIpc) is 2.14. The summed E-state index contributed by atoms with van der Waals surface area (Å²) >= 11 is 0. The first-order valence-electron chi connectivity index (χ1n) is 5.84. The van der Waals surface area contributed by atoms with Crippen LogP contribution in [0.1, 0.15) is 60.3 Å². The Labute approximate surface area is 311 Å². The Kier molecular flexibility index (Phi) is 93.9. The van der Waals surface area contributed by atoms with Crippen LogP contribution in [0.3, 0.4) is 0 Å². The molecule has 0 heterocycles. The fraction of sp³-hybridized carbons (Fsp3) is 0.714. The van der Waals surface area contributed by atoms with E-state index in [1.807, 2.05) is 0 Å². The molecule has 0 unspecified atom stereocenters. The van der Waals surface area contributed by atoms with Gasteiger partial charge in [0.25, 0.3) is 0 Å². The molecule has 7 radical (unpaired) electrons. The predicted molar refractivity (Wildman–Crippen MR) is 65.4 cm³/mol. The molecule has 21 heavy (non-hydrogen) atoms. The van der Waals surface area contributed by atoms with Crippen LogP contribution in [0.2, 0.25) is 0 Å². The summed E-state index contributed by atoms with van der Waals surface area (Å²) in [5.74, 6) is 3.91. The topological polar surface area (TPSA) is 0 Å². The Hall–Kier alpha value is 7.73. The molecule has 0 bridgehead atoms. The fourth-order valence-corrected chi connectivity index (χ4v) is 1.26. The summed E-state index contributed by atoms with van der Waals surface area (Å²) < 4.78 is 0. The van der Waals surface area contributed by atoms with Crippen molar-refractivity contribution in [2.45, 2.75) is 60.3 Å². The van der Waals surface area contributed by atoms with Gasteiger partial charge in [-0.1, -0.05) is 20.8 Å². The molecular formula is C14H26Y7-4. The van der Waals surface area contributed by atoms with Gasteiger partial charge in [-0.3, -0.25) is 0 Å². The standard InChI is InChI=1S/C14H26.7Y/c1-6-7-9-13(4)10-8-11-14(5)12(2)3;;;;;;;/h7-8,12H,6,9-11H2,1-5H3;;;;;;;/q-4;;;;;;;. The largest absolute Gasteiger partial charge is 0.386 e. The van der Waals surface area contributed by atoms with Gasteiger partial charge in [0.1, 0.15) is 0 Å². The summed E-state index contributed by atoms with van der Waals surface area (Å²) in [5.41, 5.74) is 0. The van der Waals surface area contributed by atoms with Crippen LogP contribution in [0.4, 0.5) is 0 Å². The van der Waals surface area contributed by atoms with Crippen LogP contribution in [-0.4, -0.2) is 0 Å². The maximum atomic E-state index is 2.41. The fourth-order valence-electron chi connectivity index (χ4n) is 1.26. The molecule has 0 aromatic rings. The van der Waals surface area contributed by atoms with Crippen molar-refractivity contribution in [1.82, 2.24) is 0 Å². The van der Waals surface area contributed by atoms with Crippen molar-refractivity contribution in [2.24, 2.45) is 5.92 Å². The molecular weight excluding hydrogens is 790 g/mol. The molecule has 7 heteroatoms. The molecule has 107 valence electrons. The molecule has 0 aliphatic rings. The van der Waals surface area contributed by atoms with E-state index in [1.54, 1.807) is 11.8 Å². The Morgan fingerprint density at radius 2 is 1.10 bits per heavy atom.